The third-order valence-electron chi connectivity index (χ3n) is 4.50. The maximum Gasteiger partial charge on any atom is 0.246 e. The van der Waals surface area contributed by atoms with E-state index in [2.05, 4.69) is 10.3 Å². The third-order valence-corrected chi connectivity index (χ3v) is 6.43. The Balaban J connectivity index is 1.80. The van der Waals surface area contributed by atoms with Crippen LogP contribution < -0.4 is 5.32 Å². The van der Waals surface area contributed by atoms with Crippen molar-refractivity contribution in [2.45, 2.75) is 30.3 Å². The number of nitrogens with one attached hydrogen (secondary N) is 1. The van der Waals surface area contributed by atoms with Gasteiger partial charge in [0, 0.05) is 25.8 Å². The first-order valence-electron chi connectivity index (χ1n) is 8.72. The van der Waals surface area contributed by atoms with Crippen LogP contribution in [0.1, 0.15) is 30.9 Å². The number of rotatable bonds is 6. The van der Waals surface area contributed by atoms with Gasteiger partial charge in [-0.1, -0.05) is 12.5 Å². The van der Waals surface area contributed by atoms with Crippen molar-refractivity contribution in [3.63, 3.8) is 0 Å². The average molecular weight is 397 g/mol. The molecule has 3 rings (SSSR count). The average Bonchev–Trinajstić information content (AvgIpc) is 2.67. The van der Waals surface area contributed by atoms with Gasteiger partial charge in [-0.25, -0.2) is 22.2 Å². The van der Waals surface area contributed by atoms with Crippen LogP contribution >= 0.6 is 0 Å². The van der Waals surface area contributed by atoms with Crippen LogP contribution in [0.2, 0.25) is 0 Å². The molecule has 2 aromatic rings. The second kappa shape index (κ2) is 8.28. The molecule has 2 N–H and O–H groups in total. The quantitative estimate of drug-likeness (QED) is 0.783. The zero-order valence-electron chi connectivity index (χ0n) is 14.6. The Morgan fingerprint density at radius 2 is 1.78 bits per heavy atom. The minimum atomic E-state index is -3.74. The number of aromatic nitrogens is 1. The standard InChI is InChI=1S/C18H21F2N3O3S/c19-13-6-4-7-14(20)17(13)15(24)12-22-18-16(8-5-9-21-18)27(25,26)23-10-2-1-3-11-23/h4-9,15,24H,1-3,10-12H2,(H,21,22). The molecule has 1 fully saturated rings. The lowest BCUT2D eigenvalue weighted by molar-refractivity contribution is 0.181. The van der Waals surface area contributed by atoms with E-state index in [1.165, 1.54) is 28.7 Å². The van der Waals surface area contributed by atoms with Gasteiger partial charge >= 0.3 is 0 Å². The number of hydrogen-bond acceptors (Lipinski definition) is 5. The van der Waals surface area contributed by atoms with Gasteiger partial charge in [0.25, 0.3) is 0 Å². The molecule has 1 saturated heterocycles. The Labute approximate surface area is 156 Å². The molecule has 1 unspecified atom stereocenters. The lowest BCUT2D eigenvalue weighted by Gasteiger charge is -2.26. The van der Waals surface area contributed by atoms with Gasteiger partial charge in [0.1, 0.15) is 28.5 Å². The van der Waals surface area contributed by atoms with Crippen molar-refractivity contribution in [2.75, 3.05) is 25.0 Å². The van der Waals surface area contributed by atoms with E-state index in [4.69, 9.17) is 0 Å². The first-order valence-corrected chi connectivity index (χ1v) is 10.2. The summed E-state index contributed by atoms with van der Waals surface area (Å²) in [6.45, 7) is 0.594. The number of anilines is 1. The normalized spacial score (nSPS) is 16.9. The molecule has 1 atom stereocenters. The molecule has 0 bridgehead atoms. The zero-order chi connectivity index (χ0) is 19.4. The van der Waals surface area contributed by atoms with Crippen LogP contribution in [0.15, 0.2) is 41.4 Å². The first kappa shape index (κ1) is 19.7. The molecule has 0 saturated carbocycles. The molecule has 0 aliphatic carbocycles. The van der Waals surface area contributed by atoms with Crippen molar-refractivity contribution in [2.24, 2.45) is 0 Å². The summed E-state index contributed by atoms with van der Waals surface area (Å²) in [7, 11) is -3.74. The van der Waals surface area contributed by atoms with E-state index in [9.17, 15) is 22.3 Å². The summed E-state index contributed by atoms with van der Waals surface area (Å²) >= 11 is 0. The summed E-state index contributed by atoms with van der Waals surface area (Å²) in [6, 6.07) is 6.24. The van der Waals surface area contributed by atoms with Gasteiger partial charge in [0.2, 0.25) is 10.0 Å². The largest absolute Gasteiger partial charge is 0.386 e. The van der Waals surface area contributed by atoms with E-state index in [0.717, 1.165) is 31.4 Å². The fourth-order valence-electron chi connectivity index (χ4n) is 3.10. The van der Waals surface area contributed by atoms with E-state index in [1.54, 1.807) is 0 Å². The lowest BCUT2D eigenvalue weighted by atomic mass is 10.1. The molecule has 1 aromatic heterocycles. The van der Waals surface area contributed by atoms with Crippen LogP contribution in [-0.2, 0) is 10.0 Å². The Morgan fingerprint density at radius 3 is 2.44 bits per heavy atom. The van der Waals surface area contributed by atoms with Crippen molar-refractivity contribution in [3.05, 3.63) is 53.7 Å². The molecule has 0 spiro atoms. The number of hydrogen-bond donors (Lipinski definition) is 2. The van der Waals surface area contributed by atoms with Gasteiger partial charge in [-0.3, -0.25) is 0 Å². The highest BCUT2D eigenvalue weighted by Crippen LogP contribution is 2.26. The maximum absolute atomic E-state index is 13.8. The van der Waals surface area contributed by atoms with Crippen molar-refractivity contribution >= 4 is 15.8 Å². The molecule has 2 heterocycles. The predicted octanol–water partition coefficient (Wildman–Crippen LogP) is 2.68. The number of sulfonamides is 1. The molecule has 146 valence electrons. The first-order chi connectivity index (χ1) is 12.9. The van der Waals surface area contributed by atoms with E-state index >= 15 is 0 Å². The van der Waals surface area contributed by atoms with Gasteiger partial charge in [-0.05, 0) is 37.1 Å². The number of nitrogens with zero attached hydrogens (tertiary/aromatic N) is 2. The Morgan fingerprint density at radius 1 is 1.11 bits per heavy atom. The number of aliphatic hydroxyl groups is 1. The molecule has 1 aromatic carbocycles. The Hall–Kier alpha value is -2.10. The molecule has 27 heavy (non-hydrogen) atoms. The Kier molecular flexibility index (Phi) is 6.03. The topological polar surface area (TPSA) is 82.5 Å². The van der Waals surface area contributed by atoms with Crippen molar-refractivity contribution in [1.82, 2.24) is 9.29 Å². The highest BCUT2D eigenvalue weighted by Gasteiger charge is 2.29. The van der Waals surface area contributed by atoms with Gasteiger partial charge in [-0.2, -0.15) is 4.31 Å². The number of halogens is 2. The van der Waals surface area contributed by atoms with E-state index in [0.29, 0.717) is 13.1 Å². The van der Waals surface area contributed by atoms with Crippen LogP contribution in [0.3, 0.4) is 0 Å². The van der Waals surface area contributed by atoms with Crippen molar-refractivity contribution < 1.29 is 22.3 Å². The van der Waals surface area contributed by atoms with Crippen LogP contribution in [0.25, 0.3) is 0 Å². The van der Waals surface area contributed by atoms with E-state index in [1.807, 2.05) is 0 Å². The van der Waals surface area contributed by atoms with E-state index < -0.39 is 33.3 Å². The zero-order valence-corrected chi connectivity index (χ0v) is 15.4. The predicted molar refractivity (Wildman–Crippen MR) is 96.7 cm³/mol. The number of aliphatic hydroxyl groups excluding tert-OH is 1. The van der Waals surface area contributed by atoms with Crippen molar-refractivity contribution in [1.29, 1.82) is 0 Å². The molecule has 1 aliphatic heterocycles. The molecule has 0 radical (unpaired) electrons. The monoisotopic (exact) mass is 397 g/mol. The van der Waals surface area contributed by atoms with Crippen molar-refractivity contribution in [3.8, 4) is 0 Å². The van der Waals surface area contributed by atoms with Crippen LogP contribution in [-0.4, -0.2) is 42.4 Å². The number of pyridine rings is 1. The summed E-state index contributed by atoms with van der Waals surface area (Å²) in [6.07, 6.45) is 2.50. The summed E-state index contributed by atoms with van der Waals surface area (Å²) in [5, 5.41) is 12.9. The molecular formula is C18H21F2N3O3S. The second-order valence-corrected chi connectivity index (χ2v) is 8.25. The summed E-state index contributed by atoms with van der Waals surface area (Å²) in [4.78, 5) is 4.01. The van der Waals surface area contributed by atoms with E-state index in [-0.39, 0.29) is 17.3 Å². The minimum Gasteiger partial charge on any atom is -0.386 e. The minimum absolute atomic E-state index is 0.0203. The maximum atomic E-state index is 13.8. The third kappa shape index (κ3) is 4.26. The number of piperidine rings is 1. The smallest absolute Gasteiger partial charge is 0.246 e. The van der Waals surface area contributed by atoms with Gasteiger partial charge in [0.15, 0.2) is 0 Å². The fraction of sp³-hybridized carbons (Fsp3) is 0.389. The lowest BCUT2D eigenvalue weighted by Crippen LogP contribution is -2.36. The fourth-order valence-corrected chi connectivity index (χ4v) is 4.74. The van der Waals surface area contributed by atoms with Crippen LogP contribution in [0.4, 0.5) is 14.6 Å². The Bertz CT molecular complexity index is 882. The highest BCUT2D eigenvalue weighted by molar-refractivity contribution is 7.89. The highest BCUT2D eigenvalue weighted by atomic mass is 32.2. The summed E-state index contributed by atoms with van der Waals surface area (Å²) < 4.78 is 54.8. The molecule has 0 amide bonds. The van der Waals surface area contributed by atoms with Gasteiger partial charge in [0.05, 0.1) is 5.56 Å². The van der Waals surface area contributed by atoms with Gasteiger partial charge in [-0.15, -0.1) is 0 Å². The summed E-state index contributed by atoms with van der Waals surface area (Å²) in [5.41, 5.74) is -0.471. The second-order valence-electron chi connectivity index (χ2n) is 6.35. The summed E-state index contributed by atoms with van der Waals surface area (Å²) in [5.74, 6) is -1.70. The van der Waals surface area contributed by atoms with Gasteiger partial charge < -0.3 is 10.4 Å². The SMILES string of the molecule is O=S(=O)(c1cccnc1NCC(O)c1c(F)cccc1F)N1CCCCC1. The van der Waals surface area contributed by atoms with Crippen LogP contribution in [0.5, 0.6) is 0 Å². The molecular weight excluding hydrogens is 376 g/mol. The molecule has 1 aliphatic rings. The van der Waals surface area contributed by atoms with Crippen LogP contribution in [0, 0.1) is 11.6 Å². The number of benzene rings is 1. The molecule has 6 nitrogen and oxygen atoms in total. The molecule has 9 heteroatoms.